The van der Waals surface area contributed by atoms with Gasteiger partial charge in [0.25, 0.3) is 6.43 Å². The topological polar surface area (TPSA) is 20.2 Å². The van der Waals surface area contributed by atoms with Crippen LogP contribution in [-0.4, -0.2) is 5.11 Å². The molecule has 0 aliphatic heterocycles. The zero-order valence-electron chi connectivity index (χ0n) is 9.66. The van der Waals surface area contributed by atoms with E-state index in [0.29, 0.717) is 21.2 Å². The molecule has 0 aromatic heterocycles. The van der Waals surface area contributed by atoms with Gasteiger partial charge in [0.1, 0.15) is 6.10 Å². The summed E-state index contributed by atoms with van der Waals surface area (Å²) in [6.07, 6.45) is -3.53. The number of alkyl halides is 2. The predicted octanol–water partition coefficient (Wildman–Crippen LogP) is 5.01. The Morgan fingerprint density at radius 2 is 1.47 bits per heavy atom. The Morgan fingerprint density at radius 1 is 0.895 bits per heavy atom. The molecule has 0 radical (unpaired) electrons. The molecule has 1 nitrogen and oxygen atoms in total. The fraction of sp³-hybridized carbons (Fsp3) is 0.143. The number of benzene rings is 2. The van der Waals surface area contributed by atoms with Crippen molar-refractivity contribution in [2.75, 3.05) is 0 Å². The second-order valence-corrected chi connectivity index (χ2v) is 4.88. The highest BCUT2D eigenvalue weighted by molar-refractivity contribution is 6.33. The van der Waals surface area contributed by atoms with Crippen molar-refractivity contribution < 1.29 is 13.9 Å². The Morgan fingerprint density at radius 3 is 2.05 bits per heavy atom. The molecule has 2 aromatic carbocycles. The van der Waals surface area contributed by atoms with E-state index in [0.717, 1.165) is 0 Å². The van der Waals surface area contributed by atoms with Crippen LogP contribution in [0.2, 0.25) is 10.0 Å². The standard InChI is InChI=1S/C14H10Cl2F2O/c15-10-5-6-12(16)11(7-10)13(19)8-1-3-9(4-2-8)14(17)18/h1-7,13-14,19H. The number of hydrogen-bond donors (Lipinski definition) is 1. The van der Waals surface area contributed by atoms with E-state index in [9.17, 15) is 13.9 Å². The molecule has 0 amide bonds. The van der Waals surface area contributed by atoms with Gasteiger partial charge in [-0.3, -0.25) is 0 Å². The molecule has 100 valence electrons. The quantitative estimate of drug-likeness (QED) is 0.844. The van der Waals surface area contributed by atoms with Gasteiger partial charge in [-0.25, -0.2) is 8.78 Å². The van der Waals surface area contributed by atoms with E-state index in [1.54, 1.807) is 18.2 Å². The molecular formula is C14H10Cl2F2O. The highest BCUT2D eigenvalue weighted by Gasteiger charge is 2.15. The van der Waals surface area contributed by atoms with E-state index in [-0.39, 0.29) is 5.56 Å². The van der Waals surface area contributed by atoms with Crippen molar-refractivity contribution in [3.8, 4) is 0 Å². The molecule has 0 bridgehead atoms. The van der Waals surface area contributed by atoms with Crippen LogP contribution in [0.1, 0.15) is 29.2 Å². The van der Waals surface area contributed by atoms with Crippen LogP contribution in [0, 0.1) is 0 Å². The molecule has 19 heavy (non-hydrogen) atoms. The zero-order valence-corrected chi connectivity index (χ0v) is 11.2. The molecule has 0 aliphatic carbocycles. The van der Waals surface area contributed by atoms with E-state index in [4.69, 9.17) is 23.2 Å². The lowest BCUT2D eigenvalue weighted by molar-refractivity contribution is 0.151. The minimum atomic E-state index is -2.53. The summed E-state index contributed by atoms with van der Waals surface area (Å²) in [6.45, 7) is 0. The molecular weight excluding hydrogens is 293 g/mol. The van der Waals surface area contributed by atoms with E-state index in [1.165, 1.54) is 24.3 Å². The molecule has 0 heterocycles. The van der Waals surface area contributed by atoms with E-state index in [1.807, 2.05) is 0 Å². The Bertz CT molecular complexity index is 570. The van der Waals surface area contributed by atoms with Gasteiger partial charge in [-0.1, -0.05) is 47.5 Å². The van der Waals surface area contributed by atoms with E-state index >= 15 is 0 Å². The fourth-order valence-electron chi connectivity index (χ4n) is 1.73. The predicted molar refractivity (Wildman–Crippen MR) is 71.9 cm³/mol. The lowest BCUT2D eigenvalue weighted by atomic mass is 10.0. The smallest absolute Gasteiger partial charge is 0.263 e. The molecule has 1 unspecified atom stereocenters. The summed E-state index contributed by atoms with van der Waals surface area (Å²) in [6, 6.07) is 10.2. The van der Waals surface area contributed by atoms with Crippen molar-refractivity contribution >= 4 is 23.2 Å². The molecule has 1 N–H and O–H groups in total. The first kappa shape index (κ1) is 14.3. The monoisotopic (exact) mass is 302 g/mol. The van der Waals surface area contributed by atoms with Crippen molar-refractivity contribution in [2.24, 2.45) is 0 Å². The van der Waals surface area contributed by atoms with Gasteiger partial charge in [-0.05, 0) is 23.8 Å². The normalized spacial score (nSPS) is 12.7. The first-order chi connectivity index (χ1) is 8.99. The maximum absolute atomic E-state index is 12.4. The first-order valence-electron chi connectivity index (χ1n) is 5.50. The van der Waals surface area contributed by atoms with Gasteiger partial charge in [-0.2, -0.15) is 0 Å². The van der Waals surface area contributed by atoms with Crippen LogP contribution in [0.5, 0.6) is 0 Å². The Kier molecular flexibility index (Phi) is 4.40. The van der Waals surface area contributed by atoms with Gasteiger partial charge in [0, 0.05) is 21.2 Å². The molecule has 2 rings (SSSR count). The molecule has 0 fully saturated rings. The summed E-state index contributed by atoms with van der Waals surface area (Å²) < 4.78 is 24.9. The average molecular weight is 303 g/mol. The van der Waals surface area contributed by atoms with Gasteiger partial charge < -0.3 is 5.11 Å². The molecule has 0 saturated carbocycles. The number of aliphatic hydroxyl groups is 1. The van der Waals surface area contributed by atoms with Crippen LogP contribution in [0.3, 0.4) is 0 Å². The Hall–Kier alpha value is -1.16. The number of hydrogen-bond acceptors (Lipinski definition) is 1. The van der Waals surface area contributed by atoms with Crippen LogP contribution < -0.4 is 0 Å². The van der Waals surface area contributed by atoms with Gasteiger partial charge >= 0.3 is 0 Å². The molecule has 5 heteroatoms. The van der Waals surface area contributed by atoms with Gasteiger partial charge in [0.2, 0.25) is 0 Å². The third kappa shape index (κ3) is 3.24. The Balaban J connectivity index is 2.33. The average Bonchev–Trinajstić information content (AvgIpc) is 2.41. The van der Waals surface area contributed by atoms with Gasteiger partial charge in [0.05, 0.1) is 0 Å². The minimum absolute atomic E-state index is 0.0897. The molecule has 0 spiro atoms. The van der Waals surface area contributed by atoms with Crippen molar-refractivity contribution in [3.05, 3.63) is 69.2 Å². The van der Waals surface area contributed by atoms with Crippen molar-refractivity contribution in [1.82, 2.24) is 0 Å². The van der Waals surface area contributed by atoms with Crippen LogP contribution in [-0.2, 0) is 0 Å². The first-order valence-corrected chi connectivity index (χ1v) is 6.25. The van der Waals surface area contributed by atoms with E-state index < -0.39 is 12.5 Å². The van der Waals surface area contributed by atoms with Crippen LogP contribution in [0.15, 0.2) is 42.5 Å². The van der Waals surface area contributed by atoms with E-state index in [2.05, 4.69) is 0 Å². The maximum Gasteiger partial charge on any atom is 0.263 e. The van der Waals surface area contributed by atoms with Crippen LogP contribution >= 0.6 is 23.2 Å². The number of rotatable bonds is 3. The van der Waals surface area contributed by atoms with Gasteiger partial charge in [0.15, 0.2) is 0 Å². The maximum atomic E-state index is 12.4. The largest absolute Gasteiger partial charge is 0.384 e. The molecule has 0 saturated heterocycles. The minimum Gasteiger partial charge on any atom is -0.384 e. The van der Waals surface area contributed by atoms with Crippen molar-refractivity contribution in [1.29, 1.82) is 0 Å². The fourth-order valence-corrected chi connectivity index (χ4v) is 2.13. The molecule has 0 aliphatic rings. The van der Waals surface area contributed by atoms with Crippen molar-refractivity contribution in [3.63, 3.8) is 0 Å². The summed E-state index contributed by atoms with van der Waals surface area (Å²) in [7, 11) is 0. The lowest BCUT2D eigenvalue weighted by Crippen LogP contribution is -2.01. The summed E-state index contributed by atoms with van der Waals surface area (Å²) in [5.41, 5.74) is 0.834. The summed E-state index contributed by atoms with van der Waals surface area (Å²) >= 11 is 11.8. The number of halogens is 4. The lowest BCUT2D eigenvalue weighted by Gasteiger charge is -2.14. The summed E-state index contributed by atoms with van der Waals surface area (Å²) in [4.78, 5) is 0. The van der Waals surface area contributed by atoms with Gasteiger partial charge in [-0.15, -0.1) is 0 Å². The highest BCUT2D eigenvalue weighted by Crippen LogP contribution is 2.31. The SMILES string of the molecule is OC(c1ccc(C(F)F)cc1)c1cc(Cl)ccc1Cl. The third-order valence-electron chi connectivity index (χ3n) is 2.76. The van der Waals surface area contributed by atoms with Crippen molar-refractivity contribution in [2.45, 2.75) is 12.5 Å². The Labute approximate surface area is 119 Å². The summed E-state index contributed by atoms with van der Waals surface area (Å²) in [5, 5.41) is 11.0. The highest BCUT2D eigenvalue weighted by atomic mass is 35.5. The molecule has 2 aromatic rings. The zero-order chi connectivity index (χ0) is 14.0. The van der Waals surface area contributed by atoms with Crippen LogP contribution in [0.4, 0.5) is 8.78 Å². The number of aliphatic hydroxyl groups excluding tert-OH is 1. The summed E-state index contributed by atoms with van der Waals surface area (Å²) in [5.74, 6) is 0. The molecule has 1 atom stereocenters. The second-order valence-electron chi connectivity index (χ2n) is 4.04. The van der Waals surface area contributed by atoms with Crippen LogP contribution in [0.25, 0.3) is 0 Å². The second kappa shape index (κ2) is 5.87. The third-order valence-corrected chi connectivity index (χ3v) is 3.34.